The van der Waals surface area contributed by atoms with Crippen molar-refractivity contribution in [1.82, 2.24) is 19.6 Å². The summed E-state index contributed by atoms with van der Waals surface area (Å²) in [5, 5.41) is 3.07. The van der Waals surface area contributed by atoms with Crippen LogP contribution in [0.2, 0.25) is 0 Å². The Bertz CT molecular complexity index is 972. The van der Waals surface area contributed by atoms with Crippen LogP contribution in [0.3, 0.4) is 0 Å². The highest BCUT2D eigenvalue weighted by molar-refractivity contribution is 5.94. The maximum absolute atomic E-state index is 12.8. The monoisotopic (exact) mass is 362 g/mol. The van der Waals surface area contributed by atoms with E-state index in [0.717, 1.165) is 24.1 Å². The first-order valence-corrected chi connectivity index (χ1v) is 9.21. The summed E-state index contributed by atoms with van der Waals surface area (Å²) in [5.41, 5.74) is 3.02. The summed E-state index contributed by atoms with van der Waals surface area (Å²) in [6, 6.07) is 13.2. The number of imidazole rings is 1. The Balaban J connectivity index is 1.37. The second kappa shape index (κ2) is 7.23. The molecule has 1 aliphatic rings. The van der Waals surface area contributed by atoms with E-state index in [1.54, 1.807) is 18.3 Å². The standard InChI is InChI=1S/C21H22N4O2/c1-15-7-10-25-14-18(23-19(25)13-15)21(27)24-11-8-17(9-12-24)22-20(26)16-5-3-2-4-6-16/h2-7,10,13-14,17H,8-9,11-12H2,1H3,(H,22,26). The van der Waals surface area contributed by atoms with Gasteiger partial charge < -0.3 is 14.6 Å². The maximum Gasteiger partial charge on any atom is 0.274 e. The van der Waals surface area contributed by atoms with Crippen LogP contribution < -0.4 is 5.32 Å². The molecule has 6 nitrogen and oxygen atoms in total. The van der Waals surface area contributed by atoms with Gasteiger partial charge in [-0.05, 0) is 49.6 Å². The Morgan fingerprint density at radius 1 is 1.11 bits per heavy atom. The zero-order chi connectivity index (χ0) is 18.8. The Kier molecular flexibility index (Phi) is 4.62. The van der Waals surface area contributed by atoms with Crippen molar-refractivity contribution in [3.63, 3.8) is 0 Å². The van der Waals surface area contributed by atoms with Gasteiger partial charge in [0.2, 0.25) is 0 Å². The van der Waals surface area contributed by atoms with Gasteiger partial charge in [-0.1, -0.05) is 18.2 Å². The molecule has 0 saturated carbocycles. The number of piperidine rings is 1. The van der Waals surface area contributed by atoms with Gasteiger partial charge in [-0.15, -0.1) is 0 Å². The van der Waals surface area contributed by atoms with E-state index in [1.165, 1.54) is 0 Å². The van der Waals surface area contributed by atoms with Gasteiger partial charge in [-0.3, -0.25) is 9.59 Å². The SMILES string of the molecule is Cc1ccn2cc(C(=O)N3CCC(NC(=O)c4ccccc4)CC3)nc2c1. The molecular formula is C21H22N4O2. The Labute approximate surface area is 157 Å². The first kappa shape index (κ1) is 17.3. The number of pyridine rings is 1. The van der Waals surface area contributed by atoms with E-state index >= 15 is 0 Å². The lowest BCUT2D eigenvalue weighted by Gasteiger charge is -2.32. The predicted molar refractivity (Wildman–Crippen MR) is 103 cm³/mol. The van der Waals surface area contributed by atoms with E-state index in [4.69, 9.17) is 0 Å². The van der Waals surface area contributed by atoms with Crippen molar-refractivity contribution in [2.45, 2.75) is 25.8 Å². The molecule has 6 heteroatoms. The molecule has 1 aliphatic heterocycles. The molecule has 0 spiro atoms. The number of amides is 2. The summed E-state index contributed by atoms with van der Waals surface area (Å²) in [6.45, 7) is 3.24. The molecule has 0 bridgehead atoms. The Morgan fingerprint density at radius 3 is 2.59 bits per heavy atom. The van der Waals surface area contributed by atoms with Gasteiger partial charge >= 0.3 is 0 Å². The van der Waals surface area contributed by atoms with Crippen molar-refractivity contribution in [3.05, 3.63) is 71.7 Å². The average Bonchev–Trinajstić information content (AvgIpc) is 3.12. The molecule has 0 atom stereocenters. The highest BCUT2D eigenvalue weighted by Gasteiger charge is 2.26. The molecule has 1 aromatic carbocycles. The topological polar surface area (TPSA) is 66.7 Å². The van der Waals surface area contributed by atoms with Crippen molar-refractivity contribution >= 4 is 17.5 Å². The zero-order valence-corrected chi connectivity index (χ0v) is 15.3. The predicted octanol–water partition coefficient (Wildman–Crippen LogP) is 2.68. The molecule has 2 aromatic heterocycles. The van der Waals surface area contributed by atoms with Gasteiger partial charge in [0.1, 0.15) is 11.3 Å². The molecule has 0 aliphatic carbocycles. The second-order valence-electron chi connectivity index (χ2n) is 7.00. The molecule has 1 saturated heterocycles. The van der Waals surface area contributed by atoms with Crippen LogP contribution >= 0.6 is 0 Å². The first-order chi connectivity index (χ1) is 13.1. The number of carbonyl (C=O) groups excluding carboxylic acids is 2. The van der Waals surface area contributed by atoms with E-state index in [9.17, 15) is 9.59 Å². The summed E-state index contributed by atoms with van der Waals surface area (Å²) < 4.78 is 1.87. The van der Waals surface area contributed by atoms with Crippen LogP contribution in [0.5, 0.6) is 0 Å². The fourth-order valence-electron chi connectivity index (χ4n) is 3.43. The van der Waals surface area contributed by atoms with Crippen LogP contribution in [0.25, 0.3) is 5.65 Å². The normalized spacial score (nSPS) is 15.1. The van der Waals surface area contributed by atoms with Crippen LogP contribution in [0, 0.1) is 6.92 Å². The molecule has 1 N–H and O–H groups in total. The van der Waals surface area contributed by atoms with Gasteiger partial charge in [0, 0.05) is 37.1 Å². The number of hydrogen-bond acceptors (Lipinski definition) is 3. The van der Waals surface area contributed by atoms with Crippen LogP contribution in [0.15, 0.2) is 54.9 Å². The molecule has 0 radical (unpaired) electrons. The summed E-state index contributed by atoms with van der Waals surface area (Å²) in [6.07, 6.45) is 5.19. The number of aryl methyl sites for hydroxylation is 1. The summed E-state index contributed by atoms with van der Waals surface area (Å²) in [4.78, 5) is 31.3. The number of likely N-dealkylation sites (tertiary alicyclic amines) is 1. The second-order valence-corrected chi connectivity index (χ2v) is 7.00. The van der Waals surface area contributed by atoms with E-state index in [0.29, 0.717) is 24.3 Å². The molecule has 0 unspecified atom stereocenters. The van der Waals surface area contributed by atoms with Crippen molar-refractivity contribution in [2.75, 3.05) is 13.1 Å². The minimum atomic E-state index is -0.0592. The number of carbonyl (C=O) groups is 2. The summed E-state index contributed by atoms with van der Waals surface area (Å²) in [5.74, 6) is -0.111. The molecule has 3 aromatic rings. The fraction of sp³-hybridized carbons (Fsp3) is 0.286. The maximum atomic E-state index is 12.8. The third-order valence-electron chi connectivity index (χ3n) is 4.99. The number of rotatable bonds is 3. The highest BCUT2D eigenvalue weighted by Crippen LogP contribution is 2.15. The van der Waals surface area contributed by atoms with E-state index in [2.05, 4.69) is 10.3 Å². The van der Waals surface area contributed by atoms with Gasteiger partial charge in [0.25, 0.3) is 11.8 Å². The molecular weight excluding hydrogens is 340 g/mol. The average molecular weight is 362 g/mol. The molecule has 4 rings (SSSR count). The third-order valence-corrected chi connectivity index (χ3v) is 4.99. The quantitative estimate of drug-likeness (QED) is 0.779. The lowest BCUT2D eigenvalue weighted by Crippen LogP contribution is -2.46. The lowest BCUT2D eigenvalue weighted by molar-refractivity contribution is 0.0693. The van der Waals surface area contributed by atoms with Gasteiger partial charge in [0.15, 0.2) is 0 Å². The third kappa shape index (κ3) is 3.69. The molecule has 2 amide bonds. The smallest absolute Gasteiger partial charge is 0.274 e. The molecule has 1 fully saturated rings. The Morgan fingerprint density at radius 2 is 1.85 bits per heavy atom. The van der Waals surface area contributed by atoms with Crippen molar-refractivity contribution in [2.24, 2.45) is 0 Å². The fourth-order valence-corrected chi connectivity index (χ4v) is 3.43. The number of nitrogens with one attached hydrogen (secondary N) is 1. The van der Waals surface area contributed by atoms with Crippen LogP contribution in [-0.2, 0) is 0 Å². The largest absolute Gasteiger partial charge is 0.349 e. The van der Waals surface area contributed by atoms with Gasteiger partial charge in [-0.2, -0.15) is 0 Å². The first-order valence-electron chi connectivity index (χ1n) is 9.21. The summed E-state index contributed by atoms with van der Waals surface area (Å²) in [7, 11) is 0. The van der Waals surface area contributed by atoms with E-state index in [1.807, 2.05) is 52.8 Å². The van der Waals surface area contributed by atoms with E-state index in [-0.39, 0.29) is 17.9 Å². The van der Waals surface area contributed by atoms with Crippen molar-refractivity contribution < 1.29 is 9.59 Å². The Hall–Kier alpha value is -3.15. The van der Waals surface area contributed by atoms with E-state index < -0.39 is 0 Å². The molecule has 3 heterocycles. The van der Waals surface area contributed by atoms with Crippen molar-refractivity contribution in [3.8, 4) is 0 Å². The number of hydrogen-bond donors (Lipinski definition) is 1. The van der Waals surface area contributed by atoms with Crippen LogP contribution in [0.1, 0.15) is 39.3 Å². The van der Waals surface area contributed by atoms with Crippen molar-refractivity contribution in [1.29, 1.82) is 0 Å². The minimum Gasteiger partial charge on any atom is -0.349 e. The lowest BCUT2D eigenvalue weighted by atomic mass is 10.0. The van der Waals surface area contributed by atoms with Gasteiger partial charge in [0.05, 0.1) is 0 Å². The summed E-state index contributed by atoms with van der Waals surface area (Å²) >= 11 is 0. The molecule has 138 valence electrons. The number of fused-ring (bicyclic) bond motifs is 1. The van der Waals surface area contributed by atoms with Crippen LogP contribution in [0.4, 0.5) is 0 Å². The minimum absolute atomic E-state index is 0.0517. The zero-order valence-electron chi connectivity index (χ0n) is 15.3. The van der Waals surface area contributed by atoms with Gasteiger partial charge in [-0.25, -0.2) is 4.98 Å². The van der Waals surface area contributed by atoms with Crippen LogP contribution in [-0.4, -0.2) is 45.2 Å². The molecule has 27 heavy (non-hydrogen) atoms. The number of nitrogens with zero attached hydrogens (tertiary/aromatic N) is 3. The highest BCUT2D eigenvalue weighted by atomic mass is 16.2. The number of aromatic nitrogens is 2. The number of benzene rings is 1.